The Labute approximate surface area is 101 Å². The Morgan fingerprint density at radius 3 is 2.65 bits per heavy atom. The van der Waals surface area contributed by atoms with Crippen LogP contribution in [0.25, 0.3) is 0 Å². The van der Waals surface area contributed by atoms with Gasteiger partial charge in [-0.05, 0) is 25.8 Å². The van der Waals surface area contributed by atoms with Crippen LogP contribution in [-0.4, -0.2) is 22.9 Å². The van der Waals surface area contributed by atoms with Crippen LogP contribution in [-0.2, 0) is 0 Å². The zero-order chi connectivity index (χ0) is 12.8. The molecule has 3 N–H and O–H groups in total. The Kier molecular flexibility index (Phi) is 5.38. The number of aliphatic hydroxyl groups excluding tert-OH is 1. The SMILES string of the molecule is CCC(CCO)NC(C)c1ccc(O)cc1F. The first-order chi connectivity index (χ1) is 8.08. The fraction of sp³-hybridized carbons (Fsp3) is 0.538. The third-order valence-corrected chi connectivity index (χ3v) is 2.91. The molecule has 96 valence electrons. The lowest BCUT2D eigenvalue weighted by atomic mass is 10.0. The van der Waals surface area contributed by atoms with Gasteiger partial charge >= 0.3 is 0 Å². The zero-order valence-electron chi connectivity index (χ0n) is 10.3. The lowest BCUT2D eigenvalue weighted by Crippen LogP contribution is -2.32. The van der Waals surface area contributed by atoms with Gasteiger partial charge in [-0.15, -0.1) is 0 Å². The van der Waals surface area contributed by atoms with Crippen molar-refractivity contribution in [2.24, 2.45) is 0 Å². The van der Waals surface area contributed by atoms with E-state index in [1.165, 1.54) is 6.07 Å². The van der Waals surface area contributed by atoms with Gasteiger partial charge in [-0.25, -0.2) is 4.39 Å². The number of phenols is 1. The van der Waals surface area contributed by atoms with Crippen molar-refractivity contribution >= 4 is 0 Å². The number of rotatable bonds is 6. The van der Waals surface area contributed by atoms with Gasteiger partial charge in [0.15, 0.2) is 0 Å². The van der Waals surface area contributed by atoms with Crippen LogP contribution in [0.5, 0.6) is 5.75 Å². The molecule has 0 spiro atoms. The summed E-state index contributed by atoms with van der Waals surface area (Å²) in [6.07, 6.45) is 1.53. The van der Waals surface area contributed by atoms with Crippen LogP contribution in [0.3, 0.4) is 0 Å². The molecule has 0 aliphatic rings. The fourth-order valence-electron chi connectivity index (χ4n) is 1.87. The van der Waals surface area contributed by atoms with Crippen molar-refractivity contribution in [2.75, 3.05) is 6.61 Å². The molecular weight excluding hydrogens is 221 g/mol. The maximum absolute atomic E-state index is 13.6. The summed E-state index contributed by atoms with van der Waals surface area (Å²) in [6, 6.07) is 4.19. The molecule has 0 saturated carbocycles. The molecule has 2 unspecified atom stereocenters. The topological polar surface area (TPSA) is 52.5 Å². The molecule has 1 aromatic carbocycles. The third kappa shape index (κ3) is 3.98. The molecule has 0 fully saturated rings. The van der Waals surface area contributed by atoms with Crippen molar-refractivity contribution in [2.45, 2.75) is 38.8 Å². The fourth-order valence-corrected chi connectivity index (χ4v) is 1.87. The summed E-state index contributed by atoms with van der Waals surface area (Å²) in [4.78, 5) is 0. The lowest BCUT2D eigenvalue weighted by molar-refractivity contribution is 0.256. The minimum atomic E-state index is -0.413. The normalized spacial score (nSPS) is 14.6. The maximum atomic E-state index is 13.6. The van der Waals surface area contributed by atoms with Gasteiger partial charge in [0.05, 0.1) is 0 Å². The molecule has 0 heterocycles. The first-order valence-electron chi connectivity index (χ1n) is 5.93. The summed E-state index contributed by atoms with van der Waals surface area (Å²) in [6.45, 7) is 4.01. The van der Waals surface area contributed by atoms with Gasteiger partial charge in [-0.1, -0.05) is 13.0 Å². The number of benzene rings is 1. The van der Waals surface area contributed by atoms with Gasteiger partial charge in [0.25, 0.3) is 0 Å². The lowest BCUT2D eigenvalue weighted by Gasteiger charge is -2.22. The van der Waals surface area contributed by atoms with Crippen LogP contribution >= 0.6 is 0 Å². The highest BCUT2D eigenvalue weighted by Crippen LogP contribution is 2.21. The van der Waals surface area contributed by atoms with Gasteiger partial charge in [0.2, 0.25) is 0 Å². The van der Waals surface area contributed by atoms with Gasteiger partial charge in [0, 0.05) is 30.3 Å². The van der Waals surface area contributed by atoms with Crippen molar-refractivity contribution in [1.29, 1.82) is 0 Å². The Balaban J connectivity index is 2.71. The van der Waals surface area contributed by atoms with Crippen LogP contribution in [0.2, 0.25) is 0 Å². The number of aliphatic hydroxyl groups is 1. The molecule has 4 heteroatoms. The molecule has 0 radical (unpaired) electrons. The van der Waals surface area contributed by atoms with Crippen molar-refractivity contribution in [3.8, 4) is 5.75 Å². The smallest absolute Gasteiger partial charge is 0.131 e. The van der Waals surface area contributed by atoms with E-state index in [1.807, 2.05) is 13.8 Å². The Bertz CT molecular complexity index is 357. The number of phenolic OH excluding ortho intramolecular Hbond substituents is 1. The van der Waals surface area contributed by atoms with E-state index in [0.717, 1.165) is 12.5 Å². The second-order valence-corrected chi connectivity index (χ2v) is 4.21. The summed E-state index contributed by atoms with van der Waals surface area (Å²) in [5.74, 6) is -0.482. The molecule has 1 rings (SSSR count). The second kappa shape index (κ2) is 6.57. The molecule has 1 aromatic rings. The van der Waals surface area contributed by atoms with Crippen LogP contribution in [0, 0.1) is 5.82 Å². The van der Waals surface area contributed by atoms with Gasteiger partial charge in [-0.2, -0.15) is 0 Å². The molecule has 17 heavy (non-hydrogen) atoms. The van der Waals surface area contributed by atoms with Crippen molar-refractivity contribution < 1.29 is 14.6 Å². The van der Waals surface area contributed by atoms with E-state index >= 15 is 0 Å². The predicted octanol–water partition coefficient (Wildman–Crippen LogP) is 2.34. The first-order valence-corrected chi connectivity index (χ1v) is 5.93. The van der Waals surface area contributed by atoms with Crippen LogP contribution in [0.15, 0.2) is 18.2 Å². The summed E-state index contributed by atoms with van der Waals surface area (Å²) >= 11 is 0. The van der Waals surface area contributed by atoms with E-state index in [0.29, 0.717) is 12.0 Å². The molecule has 0 aromatic heterocycles. The highest BCUT2D eigenvalue weighted by molar-refractivity contribution is 5.29. The number of aromatic hydroxyl groups is 1. The Morgan fingerprint density at radius 1 is 1.41 bits per heavy atom. The molecule has 0 aliphatic carbocycles. The summed E-state index contributed by atoms with van der Waals surface area (Å²) < 4.78 is 13.6. The van der Waals surface area contributed by atoms with E-state index < -0.39 is 5.82 Å². The van der Waals surface area contributed by atoms with Gasteiger partial charge in [0.1, 0.15) is 11.6 Å². The number of halogens is 1. The summed E-state index contributed by atoms with van der Waals surface area (Å²) in [7, 11) is 0. The van der Waals surface area contributed by atoms with E-state index in [4.69, 9.17) is 10.2 Å². The molecule has 3 nitrogen and oxygen atoms in total. The molecule has 0 saturated heterocycles. The van der Waals surface area contributed by atoms with Crippen LogP contribution in [0.4, 0.5) is 4.39 Å². The average molecular weight is 241 g/mol. The predicted molar refractivity (Wildman–Crippen MR) is 65.4 cm³/mol. The van der Waals surface area contributed by atoms with E-state index in [2.05, 4.69) is 5.32 Å². The van der Waals surface area contributed by atoms with Crippen LogP contribution in [0.1, 0.15) is 38.3 Å². The number of hydrogen-bond acceptors (Lipinski definition) is 3. The maximum Gasteiger partial charge on any atom is 0.131 e. The quantitative estimate of drug-likeness (QED) is 0.716. The minimum Gasteiger partial charge on any atom is -0.508 e. The van der Waals surface area contributed by atoms with Crippen molar-refractivity contribution in [1.82, 2.24) is 5.32 Å². The molecule has 0 bridgehead atoms. The monoisotopic (exact) mass is 241 g/mol. The molecule has 2 atom stereocenters. The van der Waals surface area contributed by atoms with Crippen molar-refractivity contribution in [3.05, 3.63) is 29.6 Å². The zero-order valence-corrected chi connectivity index (χ0v) is 10.3. The number of nitrogens with one attached hydrogen (secondary N) is 1. The van der Waals surface area contributed by atoms with E-state index in [-0.39, 0.29) is 24.4 Å². The Morgan fingerprint density at radius 2 is 2.12 bits per heavy atom. The molecule has 0 aliphatic heterocycles. The first kappa shape index (κ1) is 13.9. The second-order valence-electron chi connectivity index (χ2n) is 4.21. The van der Waals surface area contributed by atoms with Gasteiger partial charge < -0.3 is 15.5 Å². The van der Waals surface area contributed by atoms with Gasteiger partial charge in [-0.3, -0.25) is 0 Å². The average Bonchev–Trinajstić information content (AvgIpc) is 2.28. The van der Waals surface area contributed by atoms with Crippen molar-refractivity contribution in [3.63, 3.8) is 0 Å². The number of hydrogen-bond donors (Lipinski definition) is 3. The standard InChI is InChI=1S/C13H20FNO2/c1-3-10(6-7-16)15-9(2)12-5-4-11(17)8-13(12)14/h4-5,8-10,15-17H,3,6-7H2,1-2H3. The van der Waals surface area contributed by atoms with E-state index in [1.54, 1.807) is 6.07 Å². The highest BCUT2D eigenvalue weighted by atomic mass is 19.1. The van der Waals surface area contributed by atoms with E-state index in [9.17, 15) is 4.39 Å². The largest absolute Gasteiger partial charge is 0.508 e. The highest BCUT2D eigenvalue weighted by Gasteiger charge is 2.14. The molecule has 0 amide bonds. The minimum absolute atomic E-state index is 0.0687. The molecular formula is C13H20FNO2. The van der Waals surface area contributed by atoms with Crippen LogP contribution < -0.4 is 5.32 Å². The summed E-state index contributed by atoms with van der Waals surface area (Å²) in [5, 5.41) is 21.3. The Hall–Kier alpha value is -1.13. The summed E-state index contributed by atoms with van der Waals surface area (Å²) in [5.41, 5.74) is 0.527. The third-order valence-electron chi connectivity index (χ3n) is 2.91.